The summed E-state index contributed by atoms with van der Waals surface area (Å²) in [6, 6.07) is 6.31. The Hall–Kier alpha value is -1.68. The minimum Gasteiger partial charge on any atom is -0.293 e. The molecule has 0 aromatic carbocycles. The number of pyridine rings is 1. The van der Waals surface area contributed by atoms with E-state index in [9.17, 15) is 0 Å². The average molecular weight is 286 g/mol. The van der Waals surface area contributed by atoms with Crippen molar-refractivity contribution in [2.24, 2.45) is 0 Å². The lowest BCUT2D eigenvalue weighted by atomic mass is 9.92. The van der Waals surface area contributed by atoms with Gasteiger partial charge in [-0.1, -0.05) is 33.8 Å². The van der Waals surface area contributed by atoms with Gasteiger partial charge in [-0.15, -0.1) is 0 Å². The largest absolute Gasteiger partial charge is 0.293 e. The fraction of sp³-hybridized carbons (Fsp3) is 0.529. The molecule has 0 bridgehead atoms. The van der Waals surface area contributed by atoms with Gasteiger partial charge >= 0.3 is 0 Å². The topological polar surface area (TPSA) is 44.8 Å². The van der Waals surface area contributed by atoms with Gasteiger partial charge in [0.05, 0.1) is 5.69 Å². The SMILES string of the molecule is CCCN(Cc1cccnc1)Cc1cc(C(C)(C)C)n[nH]1. The summed E-state index contributed by atoms with van der Waals surface area (Å²) < 4.78 is 0. The number of nitrogens with one attached hydrogen (secondary N) is 1. The van der Waals surface area contributed by atoms with Gasteiger partial charge in [0, 0.05) is 36.6 Å². The molecule has 0 aliphatic heterocycles. The van der Waals surface area contributed by atoms with Crippen molar-refractivity contribution in [3.8, 4) is 0 Å². The molecule has 4 heteroatoms. The summed E-state index contributed by atoms with van der Waals surface area (Å²) in [4.78, 5) is 6.62. The van der Waals surface area contributed by atoms with Gasteiger partial charge in [0.25, 0.3) is 0 Å². The van der Waals surface area contributed by atoms with E-state index in [1.54, 1.807) is 0 Å². The van der Waals surface area contributed by atoms with Crippen LogP contribution in [-0.4, -0.2) is 26.6 Å². The Morgan fingerprint density at radius 1 is 1.24 bits per heavy atom. The Morgan fingerprint density at radius 2 is 2.05 bits per heavy atom. The fourth-order valence-electron chi connectivity index (χ4n) is 2.35. The standard InChI is InChI=1S/C17H26N4/c1-5-9-21(12-14-7-6-8-18-11-14)13-15-10-16(20-19-15)17(2,3)4/h6-8,10-11H,5,9,12-13H2,1-4H3,(H,19,20). The van der Waals surface area contributed by atoms with Crippen LogP contribution in [0.4, 0.5) is 0 Å². The number of aromatic amines is 1. The van der Waals surface area contributed by atoms with Crippen molar-refractivity contribution < 1.29 is 0 Å². The molecule has 1 N–H and O–H groups in total. The molecule has 2 heterocycles. The summed E-state index contributed by atoms with van der Waals surface area (Å²) in [5, 5.41) is 7.62. The maximum absolute atomic E-state index is 4.44. The molecule has 0 fully saturated rings. The molecule has 0 aliphatic carbocycles. The summed E-state index contributed by atoms with van der Waals surface area (Å²) >= 11 is 0. The van der Waals surface area contributed by atoms with E-state index in [0.29, 0.717) is 0 Å². The Balaban J connectivity index is 2.04. The maximum atomic E-state index is 4.44. The third-order valence-corrected chi connectivity index (χ3v) is 3.46. The molecule has 21 heavy (non-hydrogen) atoms. The molecule has 114 valence electrons. The summed E-state index contributed by atoms with van der Waals surface area (Å²) in [5.41, 5.74) is 3.64. The minimum absolute atomic E-state index is 0.0910. The average Bonchev–Trinajstić information content (AvgIpc) is 2.89. The number of H-pyrrole nitrogens is 1. The smallest absolute Gasteiger partial charge is 0.0678 e. The summed E-state index contributed by atoms with van der Waals surface area (Å²) in [6.07, 6.45) is 4.90. The highest BCUT2D eigenvalue weighted by Crippen LogP contribution is 2.21. The molecular weight excluding hydrogens is 260 g/mol. The summed E-state index contributed by atoms with van der Waals surface area (Å²) in [6.45, 7) is 11.7. The third-order valence-electron chi connectivity index (χ3n) is 3.46. The predicted octanol–water partition coefficient (Wildman–Crippen LogP) is 3.51. The summed E-state index contributed by atoms with van der Waals surface area (Å²) in [7, 11) is 0. The molecule has 4 nitrogen and oxygen atoms in total. The van der Waals surface area contributed by atoms with E-state index >= 15 is 0 Å². The maximum Gasteiger partial charge on any atom is 0.0678 e. The van der Waals surface area contributed by atoms with Gasteiger partial charge < -0.3 is 0 Å². The third kappa shape index (κ3) is 4.67. The zero-order valence-corrected chi connectivity index (χ0v) is 13.6. The zero-order chi connectivity index (χ0) is 15.3. The van der Waals surface area contributed by atoms with Gasteiger partial charge in [-0.3, -0.25) is 15.0 Å². The first kappa shape index (κ1) is 15.7. The lowest BCUT2D eigenvalue weighted by Crippen LogP contribution is -2.23. The van der Waals surface area contributed by atoms with Crippen molar-refractivity contribution >= 4 is 0 Å². The lowest BCUT2D eigenvalue weighted by Gasteiger charge is -2.20. The van der Waals surface area contributed by atoms with Crippen LogP contribution in [0.15, 0.2) is 30.6 Å². The van der Waals surface area contributed by atoms with E-state index in [0.717, 1.165) is 31.7 Å². The highest BCUT2D eigenvalue weighted by atomic mass is 15.2. The molecule has 0 saturated heterocycles. The second-order valence-electron chi connectivity index (χ2n) is 6.60. The molecule has 0 unspecified atom stereocenters. The summed E-state index contributed by atoms with van der Waals surface area (Å²) in [5.74, 6) is 0. The molecular formula is C17H26N4. The van der Waals surface area contributed by atoms with Gasteiger partial charge in [0.1, 0.15) is 0 Å². The van der Waals surface area contributed by atoms with Crippen molar-refractivity contribution in [1.82, 2.24) is 20.1 Å². The molecule has 0 amide bonds. The van der Waals surface area contributed by atoms with Crippen LogP contribution in [0.2, 0.25) is 0 Å². The lowest BCUT2D eigenvalue weighted by molar-refractivity contribution is 0.254. The Labute approximate surface area is 127 Å². The first-order valence-corrected chi connectivity index (χ1v) is 7.65. The second-order valence-corrected chi connectivity index (χ2v) is 6.60. The first-order valence-electron chi connectivity index (χ1n) is 7.65. The Bertz CT molecular complexity index is 539. The van der Waals surface area contributed by atoms with Gasteiger partial charge in [0.15, 0.2) is 0 Å². The van der Waals surface area contributed by atoms with Crippen LogP contribution in [0.3, 0.4) is 0 Å². The number of aromatic nitrogens is 3. The monoisotopic (exact) mass is 286 g/mol. The molecule has 0 spiro atoms. The minimum atomic E-state index is 0.0910. The highest BCUT2D eigenvalue weighted by Gasteiger charge is 2.18. The van der Waals surface area contributed by atoms with E-state index in [-0.39, 0.29) is 5.41 Å². The van der Waals surface area contributed by atoms with Crippen molar-refractivity contribution in [3.63, 3.8) is 0 Å². The van der Waals surface area contributed by atoms with Crippen LogP contribution < -0.4 is 0 Å². The van der Waals surface area contributed by atoms with Crippen LogP contribution in [0.1, 0.15) is 51.1 Å². The molecule has 2 aromatic heterocycles. The van der Waals surface area contributed by atoms with Crippen LogP contribution in [0.25, 0.3) is 0 Å². The Morgan fingerprint density at radius 3 is 2.62 bits per heavy atom. The molecule has 0 aliphatic rings. The predicted molar refractivity (Wildman–Crippen MR) is 85.9 cm³/mol. The van der Waals surface area contributed by atoms with Crippen molar-refractivity contribution in [2.75, 3.05) is 6.54 Å². The van der Waals surface area contributed by atoms with Gasteiger partial charge in [0.2, 0.25) is 0 Å². The van der Waals surface area contributed by atoms with Crippen LogP contribution in [0.5, 0.6) is 0 Å². The number of hydrogen-bond acceptors (Lipinski definition) is 3. The molecule has 2 rings (SSSR count). The number of rotatable bonds is 6. The zero-order valence-electron chi connectivity index (χ0n) is 13.6. The van der Waals surface area contributed by atoms with E-state index in [4.69, 9.17) is 0 Å². The van der Waals surface area contributed by atoms with Crippen LogP contribution in [0, 0.1) is 0 Å². The van der Waals surface area contributed by atoms with Crippen molar-refractivity contribution in [3.05, 3.63) is 47.5 Å². The highest BCUT2D eigenvalue weighted by molar-refractivity contribution is 5.16. The van der Waals surface area contributed by atoms with Crippen LogP contribution in [-0.2, 0) is 18.5 Å². The molecule has 2 aromatic rings. The van der Waals surface area contributed by atoms with E-state index < -0.39 is 0 Å². The van der Waals surface area contributed by atoms with E-state index in [1.165, 1.54) is 11.3 Å². The molecule has 0 atom stereocenters. The number of nitrogens with zero attached hydrogens (tertiary/aromatic N) is 3. The molecule has 0 radical (unpaired) electrons. The second kappa shape index (κ2) is 6.85. The molecule has 0 saturated carbocycles. The normalized spacial score (nSPS) is 12.0. The van der Waals surface area contributed by atoms with Gasteiger partial charge in [-0.25, -0.2) is 0 Å². The van der Waals surface area contributed by atoms with Gasteiger partial charge in [-0.05, 0) is 30.7 Å². The van der Waals surface area contributed by atoms with Gasteiger partial charge in [-0.2, -0.15) is 5.10 Å². The quantitative estimate of drug-likeness (QED) is 0.883. The van der Waals surface area contributed by atoms with E-state index in [1.807, 2.05) is 18.5 Å². The fourth-order valence-corrected chi connectivity index (χ4v) is 2.35. The van der Waals surface area contributed by atoms with Crippen molar-refractivity contribution in [1.29, 1.82) is 0 Å². The van der Waals surface area contributed by atoms with Crippen LogP contribution >= 0.6 is 0 Å². The Kier molecular flexibility index (Phi) is 5.12. The van der Waals surface area contributed by atoms with Crippen molar-refractivity contribution in [2.45, 2.75) is 52.6 Å². The first-order chi connectivity index (χ1) is 9.99. The number of hydrogen-bond donors (Lipinski definition) is 1. The van der Waals surface area contributed by atoms with E-state index in [2.05, 4.69) is 59.9 Å².